The summed E-state index contributed by atoms with van der Waals surface area (Å²) >= 11 is 4.59. The van der Waals surface area contributed by atoms with Gasteiger partial charge in [-0.2, -0.15) is 0 Å². The number of fused-ring (bicyclic) bond motifs is 2. The van der Waals surface area contributed by atoms with Crippen molar-refractivity contribution in [2.24, 2.45) is 17.8 Å². The third-order valence-electron chi connectivity index (χ3n) is 4.40. The van der Waals surface area contributed by atoms with E-state index in [4.69, 9.17) is 4.74 Å². The summed E-state index contributed by atoms with van der Waals surface area (Å²) in [4.78, 5) is 27.5. The van der Waals surface area contributed by atoms with Gasteiger partial charge in [0.05, 0.1) is 9.98 Å². The first-order valence-electron chi connectivity index (χ1n) is 7.17. The number of amides is 1. The summed E-state index contributed by atoms with van der Waals surface area (Å²) in [5, 5.41) is 3.10. The maximum absolute atomic E-state index is 11.8. The van der Waals surface area contributed by atoms with E-state index in [2.05, 4.69) is 26.2 Å². The number of esters is 1. The average Bonchev–Trinajstić information content (AvgIpc) is 3.14. The Morgan fingerprint density at radius 1 is 1.43 bits per heavy atom. The van der Waals surface area contributed by atoms with Crippen molar-refractivity contribution in [2.75, 3.05) is 11.9 Å². The number of nitrogens with zero attached hydrogens (tertiary/aromatic N) is 1. The van der Waals surface area contributed by atoms with E-state index in [0.29, 0.717) is 23.4 Å². The highest BCUT2D eigenvalue weighted by Gasteiger charge is 2.40. The van der Waals surface area contributed by atoms with E-state index in [1.165, 1.54) is 30.6 Å². The van der Waals surface area contributed by atoms with Crippen LogP contribution < -0.4 is 5.32 Å². The molecule has 1 N–H and O–H groups in total. The fraction of sp³-hybridized carbons (Fsp3) is 0.643. The smallest absolute Gasteiger partial charge is 0.306 e. The van der Waals surface area contributed by atoms with E-state index in [1.54, 1.807) is 6.20 Å². The summed E-state index contributed by atoms with van der Waals surface area (Å²) in [6, 6.07) is 0. The van der Waals surface area contributed by atoms with Crippen LogP contribution in [0.5, 0.6) is 0 Å². The van der Waals surface area contributed by atoms with Crippen LogP contribution >= 0.6 is 27.3 Å². The molecule has 7 heteroatoms. The lowest BCUT2D eigenvalue weighted by molar-refractivity contribution is -0.148. The van der Waals surface area contributed by atoms with Crippen molar-refractivity contribution in [3.63, 3.8) is 0 Å². The SMILES string of the molecule is O=C(COC(=O)CC1CC2CCC1C2)Nc1ncc(Br)s1. The number of anilines is 1. The Kier molecular flexibility index (Phi) is 4.59. The van der Waals surface area contributed by atoms with Gasteiger partial charge in [-0.05, 0) is 52.9 Å². The lowest BCUT2D eigenvalue weighted by atomic mass is 9.86. The first-order chi connectivity index (χ1) is 10.1. The van der Waals surface area contributed by atoms with Crippen LogP contribution in [0.1, 0.15) is 32.1 Å². The van der Waals surface area contributed by atoms with Crippen LogP contribution in [0.25, 0.3) is 0 Å². The van der Waals surface area contributed by atoms with E-state index in [-0.39, 0.29) is 18.5 Å². The zero-order valence-corrected chi connectivity index (χ0v) is 13.9. The third-order valence-corrected chi connectivity index (χ3v) is 5.79. The van der Waals surface area contributed by atoms with Gasteiger partial charge in [0.25, 0.3) is 5.91 Å². The Balaban J connectivity index is 1.38. The first kappa shape index (κ1) is 15.0. The summed E-state index contributed by atoms with van der Waals surface area (Å²) in [7, 11) is 0. The lowest BCUT2D eigenvalue weighted by Crippen LogP contribution is -2.23. The third kappa shape index (κ3) is 3.83. The monoisotopic (exact) mass is 372 g/mol. The van der Waals surface area contributed by atoms with Crippen LogP contribution in [0.2, 0.25) is 0 Å². The van der Waals surface area contributed by atoms with Crippen molar-refractivity contribution in [3.05, 3.63) is 9.98 Å². The molecule has 3 unspecified atom stereocenters. The molecule has 2 bridgehead atoms. The zero-order valence-electron chi connectivity index (χ0n) is 11.5. The average molecular weight is 373 g/mol. The van der Waals surface area contributed by atoms with Gasteiger partial charge in [-0.25, -0.2) is 4.98 Å². The molecule has 5 nitrogen and oxygen atoms in total. The van der Waals surface area contributed by atoms with Gasteiger partial charge in [0.2, 0.25) is 0 Å². The minimum absolute atomic E-state index is 0.239. The summed E-state index contributed by atoms with van der Waals surface area (Å²) in [5.41, 5.74) is 0. The highest BCUT2D eigenvalue weighted by Crippen LogP contribution is 2.49. The number of carbonyl (C=O) groups is 2. The molecule has 2 aliphatic rings. The van der Waals surface area contributed by atoms with Crippen molar-refractivity contribution < 1.29 is 14.3 Å². The molecule has 2 fully saturated rings. The highest BCUT2D eigenvalue weighted by molar-refractivity contribution is 9.11. The second-order valence-corrected chi connectivity index (χ2v) is 8.23. The number of hydrogen-bond donors (Lipinski definition) is 1. The summed E-state index contributed by atoms with van der Waals surface area (Å²) in [5.74, 6) is 1.37. The molecule has 1 amide bonds. The van der Waals surface area contributed by atoms with Crippen molar-refractivity contribution in [1.29, 1.82) is 0 Å². The molecule has 114 valence electrons. The van der Waals surface area contributed by atoms with Crippen molar-refractivity contribution in [2.45, 2.75) is 32.1 Å². The van der Waals surface area contributed by atoms with Gasteiger partial charge in [-0.3, -0.25) is 14.9 Å². The minimum atomic E-state index is -0.349. The fourth-order valence-corrected chi connectivity index (χ4v) is 4.64. The van der Waals surface area contributed by atoms with E-state index >= 15 is 0 Å². The predicted molar refractivity (Wildman–Crippen MR) is 83.0 cm³/mol. The minimum Gasteiger partial charge on any atom is -0.456 e. The second kappa shape index (κ2) is 6.44. The topological polar surface area (TPSA) is 68.3 Å². The Morgan fingerprint density at radius 2 is 2.29 bits per heavy atom. The number of ether oxygens (including phenoxy) is 1. The van der Waals surface area contributed by atoms with Crippen LogP contribution in [0.4, 0.5) is 5.13 Å². The van der Waals surface area contributed by atoms with Crippen molar-refractivity contribution in [1.82, 2.24) is 4.98 Å². The molecule has 3 atom stereocenters. The molecular formula is C14H17BrN2O3S. The van der Waals surface area contributed by atoms with Gasteiger partial charge in [-0.15, -0.1) is 0 Å². The van der Waals surface area contributed by atoms with Crippen molar-refractivity contribution >= 4 is 44.3 Å². The van der Waals surface area contributed by atoms with Gasteiger partial charge in [0.15, 0.2) is 11.7 Å². The number of hydrogen-bond acceptors (Lipinski definition) is 5. The number of aromatic nitrogens is 1. The number of nitrogens with one attached hydrogen (secondary N) is 1. The molecule has 2 saturated carbocycles. The molecular weight excluding hydrogens is 356 g/mol. The molecule has 1 heterocycles. The Morgan fingerprint density at radius 3 is 2.90 bits per heavy atom. The standard InChI is InChI=1S/C14H17BrN2O3S/c15-11-6-16-14(21-11)17-12(18)7-20-13(19)5-10-4-8-1-2-9(10)3-8/h6,8-10H,1-5,7H2,(H,16,17,18). The summed E-state index contributed by atoms with van der Waals surface area (Å²) < 4.78 is 5.91. The quantitative estimate of drug-likeness (QED) is 0.805. The van der Waals surface area contributed by atoms with E-state index in [0.717, 1.165) is 16.1 Å². The van der Waals surface area contributed by atoms with Crippen molar-refractivity contribution in [3.8, 4) is 0 Å². The van der Waals surface area contributed by atoms with Crippen LogP contribution in [0, 0.1) is 17.8 Å². The molecule has 0 aromatic carbocycles. The fourth-order valence-electron chi connectivity index (χ4n) is 3.51. The van der Waals surface area contributed by atoms with Gasteiger partial charge in [-0.1, -0.05) is 17.8 Å². The molecule has 0 aliphatic heterocycles. The van der Waals surface area contributed by atoms with Crippen LogP contribution in [-0.2, 0) is 14.3 Å². The maximum atomic E-state index is 11.8. The Bertz CT molecular complexity index is 548. The van der Waals surface area contributed by atoms with Crippen LogP contribution in [-0.4, -0.2) is 23.5 Å². The number of halogens is 1. The lowest BCUT2D eigenvalue weighted by Gasteiger charge is -2.20. The maximum Gasteiger partial charge on any atom is 0.306 e. The van der Waals surface area contributed by atoms with E-state index in [1.807, 2.05) is 0 Å². The molecule has 0 spiro atoms. The molecule has 2 aliphatic carbocycles. The Hall–Kier alpha value is -0.950. The molecule has 1 aromatic rings. The number of rotatable bonds is 5. The molecule has 21 heavy (non-hydrogen) atoms. The zero-order chi connectivity index (χ0) is 14.8. The molecule has 0 radical (unpaired) electrons. The summed E-state index contributed by atoms with van der Waals surface area (Å²) in [6.45, 7) is -0.239. The number of thiazole rings is 1. The Labute approximate surface area is 135 Å². The van der Waals surface area contributed by atoms with E-state index < -0.39 is 0 Å². The second-order valence-electron chi connectivity index (χ2n) is 5.82. The van der Waals surface area contributed by atoms with Gasteiger partial charge in [0.1, 0.15) is 0 Å². The van der Waals surface area contributed by atoms with Crippen LogP contribution in [0.15, 0.2) is 9.98 Å². The molecule has 1 aromatic heterocycles. The van der Waals surface area contributed by atoms with Gasteiger partial charge >= 0.3 is 5.97 Å². The summed E-state index contributed by atoms with van der Waals surface area (Å²) in [6.07, 6.45) is 7.07. The number of carbonyl (C=O) groups excluding carboxylic acids is 2. The molecule has 0 saturated heterocycles. The van der Waals surface area contributed by atoms with Gasteiger partial charge < -0.3 is 4.74 Å². The van der Waals surface area contributed by atoms with Gasteiger partial charge in [0, 0.05) is 6.42 Å². The predicted octanol–water partition coefficient (Wildman–Crippen LogP) is 3.21. The van der Waals surface area contributed by atoms with E-state index in [9.17, 15) is 9.59 Å². The first-order valence-corrected chi connectivity index (χ1v) is 8.78. The molecule has 3 rings (SSSR count). The van der Waals surface area contributed by atoms with Crippen LogP contribution in [0.3, 0.4) is 0 Å². The normalized spacial score (nSPS) is 26.8. The largest absolute Gasteiger partial charge is 0.456 e. The highest BCUT2D eigenvalue weighted by atomic mass is 79.9.